The number of aliphatic hydroxyl groups excluding tert-OH is 1. The number of halogens is 3. The van der Waals surface area contributed by atoms with E-state index in [0.717, 1.165) is 10.8 Å². The quantitative estimate of drug-likeness (QED) is 0.908. The van der Waals surface area contributed by atoms with Gasteiger partial charge in [0.25, 0.3) is 0 Å². The molecule has 1 aromatic carbocycles. The molecule has 0 saturated carbocycles. The van der Waals surface area contributed by atoms with Gasteiger partial charge in [-0.05, 0) is 11.8 Å². The van der Waals surface area contributed by atoms with Gasteiger partial charge in [-0.25, -0.2) is 0 Å². The summed E-state index contributed by atoms with van der Waals surface area (Å²) in [6.07, 6.45) is -3.71. The molecule has 1 N–H and O–H groups in total. The summed E-state index contributed by atoms with van der Waals surface area (Å²) < 4.78 is 36.4. The SMILES string of the molecule is OC(CCC(F)(F)F)c1cncc2ccccc12. The molecule has 18 heavy (non-hydrogen) atoms. The molecule has 0 aliphatic rings. The molecule has 1 atom stereocenters. The lowest BCUT2D eigenvalue weighted by Gasteiger charge is -2.14. The molecule has 2 aromatic rings. The molecule has 0 spiro atoms. The van der Waals surface area contributed by atoms with Crippen LogP contribution >= 0.6 is 0 Å². The molecular weight excluding hydrogens is 243 g/mol. The fraction of sp³-hybridized carbons (Fsp3) is 0.308. The van der Waals surface area contributed by atoms with Gasteiger partial charge in [-0.1, -0.05) is 24.3 Å². The molecule has 96 valence electrons. The third-order valence-electron chi connectivity index (χ3n) is 2.76. The Morgan fingerprint density at radius 3 is 2.61 bits per heavy atom. The van der Waals surface area contributed by atoms with E-state index in [9.17, 15) is 18.3 Å². The lowest BCUT2D eigenvalue weighted by atomic mass is 10.0. The maximum Gasteiger partial charge on any atom is 0.389 e. The van der Waals surface area contributed by atoms with Crippen molar-refractivity contribution >= 4 is 10.8 Å². The number of aliphatic hydroxyl groups is 1. The summed E-state index contributed by atoms with van der Waals surface area (Å²) in [5.74, 6) is 0. The topological polar surface area (TPSA) is 33.1 Å². The summed E-state index contributed by atoms with van der Waals surface area (Å²) in [5.41, 5.74) is 0.442. The molecule has 5 heteroatoms. The molecule has 0 aliphatic heterocycles. The molecule has 1 heterocycles. The number of hydrogen-bond acceptors (Lipinski definition) is 2. The highest BCUT2D eigenvalue weighted by Crippen LogP contribution is 2.30. The Hall–Kier alpha value is -1.62. The number of pyridine rings is 1. The first-order valence-corrected chi connectivity index (χ1v) is 5.55. The van der Waals surface area contributed by atoms with Gasteiger partial charge in [0.05, 0.1) is 6.10 Å². The third kappa shape index (κ3) is 2.98. The zero-order valence-corrected chi connectivity index (χ0v) is 9.48. The van der Waals surface area contributed by atoms with E-state index in [1.165, 1.54) is 6.20 Å². The van der Waals surface area contributed by atoms with Gasteiger partial charge in [0.15, 0.2) is 0 Å². The van der Waals surface area contributed by atoms with Crippen LogP contribution in [0, 0.1) is 0 Å². The molecule has 0 bridgehead atoms. The van der Waals surface area contributed by atoms with Crippen molar-refractivity contribution in [1.29, 1.82) is 0 Å². The van der Waals surface area contributed by atoms with Crippen molar-refractivity contribution in [3.05, 3.63) is 42.2 Å². The summed E-state index contributed by atoms with van der Waals surface area (Å²) in [6, 6.07) is 7.17. The summed E-state index contributed by atoms with van der Waals surface area (Å²) >= 11 is 0. The predicted octanol–water partition coefficient (Wildman–Crippen LogP) is 3.61. The molecule has 0 amide bonds. The Balaban J connectivity index is 2.25. The van der Waals surface area contributed by atoms with Gasteiger partial charge in [0, 0.05) is 29.8 Å². The Bertz CT molecular complexity index is 534. The summed E-state index contributed by atoms with van der Waals surface area (Å²) in [4.78, 5) is 3.94. The van der Waals surface area contributed by atoms with Crippen LogP contribution in [0.1, 0.15) is 24.5 Å². The monoisotopic (exact) mass is 255 g/mol. The van der Waals surface area contributed by atoms with Gasteiger partial charge in [-0.2, -0.15) is 13.2 Å². The van der Waals surface area contributed by atoms with Crippen molar-refractivity contribution in [2.45, 2.75) is 25.1 Å². The Morgan fingerprint density at radius 2 is 1.89 bits per heavy atom. The van der Waals surface area contributed by atoms with Crippen LogP contribution < -0.4 is 0 Å². The van der Waals surface area contributed by atoms with E-state index in [1.807, 2.05) is 12.1 Å². The van der Waals surface area contributed by atoms with Crippen molar-refractivity contribution in [3.63, 3.8) is 0 Å². The largest absolute Gasteiger partial charge is 0.389 e. The highest BCUT2D eigenvalue weighted by atomic mass is 19.4. The van der Waals surface area contributed by atoms with Gasteiger partial charge in [-0.3, -0.25) is 4.98 Å². The highest BCUT2D eigenvalue weighted by Gasteiger charge is 2.28. The van der Waals surface area contributed by atoms with Crippen LogP contribution in [0.5, 0.6) is 0 Å². The first kappa shape index (κ1) is 12.8. The fourth-order valence-corrected chi connectivity index (χ4v) is 1.86. The second kappa shape index (κ2) is 4.94. The van der Waals surface area contributed by atoms with Crippen LogP contribution in [0.25, 0.3) is 10.8 Å². The zero-order chi connectivity index (χ0) is 13.2. The Morgan fingerprint density at radius 1 is 1.17 bits per heavy atom. The molecule has 1 aromatic heterocycles. The van der Waals surface area contributed by atoms with E-state index in [-0.39, 0.29) is 6.42 Å². The first-order chi connectivity index (χ1) is 8.47. The van der Waals surface area contributed by atoms with Crippen LogP contribution in [-0.4, -0.2) is 16.3 Å². The molecular formula is C13H12F3NO. The highest BCUT2D eigenvalue weighted by molar-refractivity contribution is 5.84. The fourth-order valence-electron chi connectivity index (χ4n) is 1.86. The number of hydrogen-bond donors (Lipinski definition) is 1. The van der Waals surface area contributed by atoms with E-state index in [0.29, 0.717) is 5.56 Å². The van der Waals surface area contributed by atoms with Crippen LogP contribution in [-0.2, 0) is 0 Å². The van der Waals surface area contributed by atoms with E-state index in [2.05, 4.69) is 4.98 Å². The Labute approximate surface area is 102 Å². The van der Waals surface area contributed by atoms with E-state index >= 15 is 0 Å². The average Bonchev–Trinajstić information content (AvgIpc) is 2.34. The van der Waals surface area contributed by atoms with Gasteiger partial charge >= 0.3 is 6.18 Å². The molecule has 0 fully saturated rings. The standard InChI is InChI=1S/C13H12F3NO/c14-13(15,16)6-5-12(18)11-8-17-7-9-3-1-2-4-10(9)11/h1-4,7-8,12,18H,5-6H2. The minimum absolute atomic E-state index is 0.348. The van der Waals surface area contributed by atoms with Crippen molar-refractivity contribution in [2.24, 2.45) is 0 Å². The van der Waals surface area contributed by atoms with Crippen molar-refractivity contribution in [1.82, 2.24) is 4.98 Å². The number of alkyl halides is 3. The molecule has 1 unspecified atom stereocenters. The van der Waals surface area contributed by atoms with Gasteiger partial charge in [0.1, 0.15) is 0 Å². The minimum Gasteiger partial charge on any atom is -0.388 e. The van der Waals surface area contributed by atoms with Gasteiger partial charge in [0.2, 0.25) is 0 Å². The Kier molecular flexibility index (Phi) is 3.52. The summed E-state index contributed by atoms with van der Waals surface area (Å²) in [6.45, 7) is 0. The van der Waals surface area contributed by atoms with E-state index < -0.39 is 18.7 Å². The first-order valence-electron chi connectivity index (χ1n) is 5.55. The molecule has 0 aliphatic carbocycles. The number of nitrogens with zero attached hydrogens (tertiary/aromatic N) is 1. The smallest absolute Gasteiger partial charge is 0.388 e. The van der Waals surface area contributed by atoms with Crippen LogP contribution in [0.3, 0.4) is 0 Å². The maximum atomic E-state index is 12.1. The van der Waals surface area contributed by atoms with Crippen molar-refractivity contribution in [3.8, 4) is 0 Å². The molecule has 2 nitrogen and oxygen atoms in total. The number of benzene rings is 1. The van der Waals surface area contributed by atoms with Crippen LogP contribution in [0.2, 0.25) is 0 Å². The normalized spacial score (nSPS) is 13.8. The number of aromatic nitrogens is 1. The van der Waals surface area contributed by atoms with Crippen LogP contribution in [0.15, 0.2) is 36.7 Å². The van der Waals surface area contributed by atoms with Crippen molar-refractivity contribution < 1.29 is 18.3 Å². The van der Waals surface area contributed by atoms with Gasteiger partial charge < -0.3 is 5.11 Å². The molecule has 0 saturated heterocycles. The average molecular weight is 255 g/mol. The summed E-state index contributed by atoms with van der Waals surface area (Å²) in [5, 5.41) is 11.4. The summed E-state index contributed by atoms with van der Waals surface area (Å²) in [7, 11) is 0. The molecule has 0 radical (unpaired) electrons. The number of rotatable bonds is 3. The number of fused-ring (bicyclic) bond motifs is 1. The minimum atomic E-state index is -4.25. The maximum absolute atomic E-state index is 12.1. The van der Waals surface area contributed by atoms with E-state index in [4.69, 9.17) is 0 Å². The second-order valence-electron chi connectivity index (χ2n) is 4.12. The molecule has 2 rings (SSSR count). The lowest BCUT2D eigenvalue weighted by molar-refractivity contribution is -0.140. The van der Waals surface area contributed by atoms with Crippen LogP contribution in [0.4, 0.5) is 13.2 Å². The van der Waals surface area contributed by atoms with Crippen molar-refractivity contribution in [2.75, 3.05) is 0 Å². The van der Waals surface area contributed by atoms with Gasteiger partial charge in [-0.15, -0.1) is 0 Å². The third-order valence-corrected chi connectivity index (χ3v) is 2.76. The van der Waals surface area contributed by atoms with E-state index in [1.54, 1.807) is 18.3 Å². The second-order valence-corrected chi connectivity index (χ2v) is 4.12. The zero-order valence-electron chi connectivity index (χ0n) is 9.48. The lowest BCUT2D eigenvalue weighted by Crippen LogP contribution is -2.10. The predicted molar refractivity (Wildman–Crippen MR) is 62.0 cm³/mol.